The second-order valence-corrected chi connectivity index (χ2v) is 7.04. The van der Waals surface area contributed by atoms with Crippen LogP contribution in [0.15, 0.2) is 71.3 Å². The van der Waals surface area contributed by atoms with Crippen LogP contribution < -0.4 is 10.1 Å². The fraction of sp³-hybridized carbons (Fsp3) is 0.125. The summed E-state index contributed by atoms with van der Waals surface area (Å²) in [5, 5.41) is 14.3. The van der Waals surface area contributed by atoms with Crippen LogP contribution in [0.4, 0.5) is 11.4 Å². The number of pyridine rings is 1. The summed E-state index contributed by atoms with van der Waals surface area (Å²) in [5.74, 6) is -0.705. The Kier molecular flexibility index (Phi) is 6.49. The van der Waals surface area contributed by atoms with Crippen molar-refractivity contribution in [2.24, 2.45) is 0 Å². The number of anilines is 1. The molecule has 2 aromatic carbocycles. The van der Waals surface area contributed by atoms with E-state index in [9.17, 15) is 19.7 Å². The Hall–Kier alpha value is -4.73. The van der Waals surface area contributed by atoms with E-state index >= 15 is 0 Å². The normalized spacial score (nSPS) is 10.6. The Morgan fingerprint density at radius 3 is 2.68 bits per heavy atom. The third kappa shape index (κ3) is 4.85. The molecule has 0 bridgehead atoms. The van der Waals surface area contributed by atoms with Gasteiger partial charge in [-0.25, -0.2) is 9.78 Å². The first-order chi connectivity index (χ1) is 16.5. The third-order valence-corrected chi connectivity index (χ3v) is 4.80. The zero-order valence-corrected chi connectivity index (χ0v) is 18.0. The Morgan fingerprint density at radius 2 is 1.94 bits per heavy atom. The van der Waals surface area contributed by atoms with E-state index in [4.69, 9.17) is 13.9 Å². The summed E-state index contributed by atoms with van der Waals surface area (Å²) in [6.07, 6.45) is 1.49. The second-order valence-electron chi connectivity index (χ2n) is 7.04. The van der Waals surface area contributed by atoms with Crippen molar-refractivity contribution in [3.8, 4) is 17.2 Å². The Labute approximate surface area is 193 Å². The summed E-state index contributed by atoms with van der Waals surface area (Å²) >= 11 is 0. The summed E-state index contributed by atoms with van der Waals surface area (Å²) in [4.78, 5) is 40.5. The summed E-state index contributed by atoms with van der Waals surface area (Å²) in [6.45, 7) is 1.44. The second kappa shape index (κ2) is 9.82. The number of aromatic nitrogens is 1. The topological polar surface area (TPSA) is 134 Å². The van der Waals surface area contributed by atoms with Crippen LogP contribution in [0.25, 0.3) is 22.4 Å². The lowest BCUT2D eigenvalue weighted by Gasteiger charge is -2.10. The molecule has 0 atom stereocenters. The molecule has 2 aromatic heterocycles. The summed E-state index contributed by atoms with van der Waals surface area (Å²) in [7, 11) is 0. The molecule has 1 N–H and O–H groups in total. The molecule has 0 saturated carbocycles. The largest absolute Gasteiger partial charge is 0.494 e. The molecule has 0 aliphatic heterocycles. The minimum Gasteiger partial charge on any atom is -0.494 e. The summed E-state index contributed by atoms with van der Waals surface area (Å²) in [6, 6.07) is 16.0. The van der Waals surface area contributed by atoms with Gasteiger partial charge in [-0.2, -0.15) is 0 Å². The van der Waals surface area contributed by atoms with Crippen LogP contribution in [0, 0.1) is 10.1 Å². The number of hydrogen-bond donors (Lipinski definition) is 1. The van der Waals surface area contributed by atoms with Crippen LogP contribution in [-0.4, -0.2) is 35.0 Å². The number of amides is 1. The quantitative estimate of drug-likeness (QED) is 0.229. The van der Waals surface area contributed by atoms with Crippen molar-refractivity contribution in [3.63, 3.8) is 0 Å². The fourth-order valence-corrected chi connectivity index (χ4v) is 3.31. The number of para-hydroxylation sites is 1. The van der Waals surface area contributed by atoms with Gasteiger partial charge in [-0.05, 0) is 43.3 Å². The van der Waals surface area contributed by atoms with Crippen LogP contribution in [-0.2, 0) is 9.53 Å². The number of carbonyl (C=O) groups is 2. The average molecular weight is 461 g/mol. The molecule has 0 unspecified atom stereocenters. The highest BCUT2D eigenvalue weighted by molar-refractivity contribution is 6.05. The highest BCUT2D eigenvalue weighted by Gasteiger charge is 2.20. The molecule has 10 heteroatoms. The highest BCUT2D eigenvalue weighted by Crippen LogP contribution is 2.29. The minimum absolute atomic E-state index is 0.0380. The molecule has 0 saturated heterocycles. The molecular formula is C24H19N3O7. The van der Waals surface area contributed by atoms with Crippen molar-refractivity contribution >= 4 is 34.2 Å². The lowest BCUT2D eigenvalue weighted by Crippen LogP contribution is -2.21. The van der Waals surface area contributed by atoms with Crippen molar-refractivity contribution in [1.82, 2.24) is 4.98 Å². The van der Waals surface area contributed by atoms with Crippen LogP contribution in [0.2, 0.25) is 0 Å². The molecule has 4 rings (SSSR count). The van der Waals surface area contributed by atoms with E-state index in [1.54, 1.807) is 43.3 Å². The number of esters is 1. The van der Waals surface area contributed by atoms with Gasteiger partial charge >= 0.3 is 5.97 Å². The first-order valence-corrected chi connectivity index (χ1v) is 10.3. The van der Waals surface area contributed by atoms with Gasteiger partial charge < -0.3 is 19.2 Å². The molecule has 1 amide bonds. The monoisotopic (exact) mass is 461 g/mol. The number of nitrogens with one attached hydrogen (secondary N) is 1. The number of hydrogen-bond acceptors (Lipinski definition) is 8. The molecule has 10 nitrogen and oxygen atoms in total. The van der Waals surface area contributed by atoms with E-state index < -0.39 is 23.4 Å². The maximum absolute atomic E-state index is 12.8. The van der Waals surface area contributed by atoms with E-state index in [-0.39, 0.29) is 16.9 Å². The van der Waals surface area contributed by atoms with Crippen molar-refractivity contribution in [1.29, 1.82) is 0 Å². The number of nitro groups is 1. The van der Waals surface area contributed by atoms with Gasteiger partial charge in [0.15, 0.2) is 12.4 Å². The number of nitrogens with zero attached hydrogens (tertiary/aromatic N) is 2. The molecule has 0 fully saturated rings. The highest BCUT2D eigenvalue weighted by atomic mass is 16.6. The summed E-state index contributed by atoms with van der Waals surface area (Å²) < 4.78 is 15.8. The number of ether oxygens (including phenoxy) is 2. The maximum atomic E-state index is 12.8. The fourth-order valence-electron chi connectivity index (χ4n) is 3.31. The first-order valence-electron chi connectivity index (χ1n) is 10.3. The predicted molar refractivity (Wildman–Crippen MR) is 123 cm³/mol. The molecular weight excluding hydrogens is 442 g/mol. The number of benzene rings is 2. The summed E-state index contributed by atoms with van der Waals surface area (Å²) in [5.41, 5.74) is 0.817. The van der Waals surface area contributed by atoms with Crippen molar-refractivity contribution in [2.45, 2.75) is 6.92 Å². The lowest BCUT2D eigenvalue weighted by molar-refractivity contribution is -0.384. The van der Waals surface area contributed by atoms with E-state index in [1.165, 1.54) is 30.5 Å². The standard InChI is InChI=1S/C24H19N3O7/c1-2-32-15-9-10-19(21(12-15)27(30)31)26-23(28)14-34-24(29)17-13-20(22-8-5-11-33-22)25-18-7-4-3-6-16(17)18/h3-13H,2,14H2,1H3,(H,26,28). The number of fused-ring (bicyclic) bond motifs is 1. The van der Waals surface area contributed by atoms with Crippen molar-refractivity contribution < 1.29 is 28.4 Å². The molecule has 2 heterocycles. The molecule has 4 aromatic rings. The molecule has 0 spiro atoms. The van der Waals surface area contributed by atoms with Gasteiger partial charge in [0.05, 0.1) is 34.9 Å². The number of carbonyl (C=O) groups excluding carboxylic acids is 2. The van der Waals surface area contributed by atoms with E-state index in [2.05, 4.69) is 10.3 Å². The Bertz CT molecular complexity index is 1370. The maximum Gasteiger partial charge on any atom is 0.339 e. The third-order valence-electron chi connectivity index (χ3n) is 4.80. The van der Waals surface area contributed by atoms with E-state index in [1.807, 2.05) is 0 Å². The molecule has 0 aliphatic rings. The Morgan fingerprint density at radius 1 is 1.12 bits per heavy atom. The number of furan rings is 1. The Balaban J connectivity index is 1.51. The van der Waals surface area contributed by atoms with Gasteiger partial charge in [-0.3, -0.25) is 14.9 Å². The van der Waals surface area contributed by atoms with Crippen LogP contribution >= 0.6 is 0 Å². The van der Waals surface area contributed by atoms with Gasteiger partial charge in [0.25, 0.3) is 11.6 Å². The number of nitro benzene ring substituents is 1. The molecule has 0 aliphatic carbocycles. The van der Waals surface area contributed by atoms with Crippen LogP contribution in [0.3, 0.4) is 0 Å². The smallest absolute Gasteiger partial charge is 0.339 e. The van der Waals surface area contributed by atoms with E-state index in [0.717, 1.165) is 0 Å². The van der Waals surface area contributed by atoms with Gasteiger partial charge in [0, 0.05) is 5.39 Å². The van der Waals surface area contributed by atoms with Crippen molar-refractivity contribution in [3.05, 3.63) is 82.6 Å². The lowest BCUT2D eigenvalue weighted by atomic mass is 10.1. The number of rotatable bonds is 8. The van der Waals surface area contributed by atoms with E-state index in [0.29, 0.717) is 34.7 Å². The van der Waals surface area contributed by atoms with Gasteiger partial charge in [-0.15, -0.1) is 0 Å². The zero-order valence-electron chi connectivity index (χ0n) is 18.0. The van der Waals surface area contributed by atoms with Gasteiger partial charge in [-0.1, -0.05) is 18.2 Å². The van der Waals surface area contributed by atoms with Crippen molar-refractivity contribution in [2.75, 3.05) is 18.5 Å². The predicted octanol–water partition coefficient (Wildman–Crippen LogP) is 4.60. The van der Waals surface area contributed by atoms with Gasteiger partial charge in [0.2, 0.25) is 0 Å². The zero-order chi connectivity index (χ0) is 24.1. The molecule has 172 valence electrons. The van der Waals surface area contributed by atoms with Crippen LogP contribution in [0.1, 0.15) is 17.3 Å². The molecule has 34 heavy (non-hydrogen) atoms. The minimum atomic E-state index is -0.747. The SMILES string of the molecule is CCOc1ccc(NC(=O)COC(=O)c2cc(-c3ccco3)nc3ccccc23)c([N+](=O)[O-])c1. The molecule has 0 radical (unpaired) electrons. The van der Waals surface area contributed by atoms with Crippen LogP contribution in [0.5, 0.6) is 5.75 Å². The van der Waals surface area contributed by atoms with Gasteiger partial charge in [0.1, 0.15) is 17.1 Å². The average Bonchev–Trinajstić information content (AvgIpc) is 3.38. The first kappa shape index (κ1) is 22.5.